The number of hydrogen-bond acceptors (Lipinski definition) is 3. The summed E-state index contributed by atoms with van der Waals surface area (Å²) in [5.74, 6) is 0.901. The smallest absolute Gasteiger partial charge is 0.142 e. The minimum Gasteiger partial charge on any atom is -0.496 e. The van der Waals surface area contributed by atoms with Crippen LogP contribution in [0.4, 0.5) is 0 Å². The van der Waals surface area contributed by atoms with E-state index in [9.17, 15) is 4.79 Å². The van der Waals surface area contributed by atoms with E-state index in [1.165, 1.54) is 6.08 Å². The molecule has 0 N–H and O–H groups in total. The first kappa shape index (κ1) is 17.8. The zero-order chi connectivity index (χ0) is 16.0. The number of carbonyl (C=O) groups is 1. The van der Waals surface area contributed by atoms with Gasteiger partial charge in [-0.15, -0.1) is 11.8 Å². The Morgan fingerprint density at radius 2 is 1.50 bits per heavy atom. The SMILES string of the molecule is COc1ccc(/C=C/C=C/C=C/C=C/C=C/C=O)cc1SC. The molecule has 2 nitrogen and oxygen atoms in total. The number of ether oxygens (including phenoxy) is 1. The van der Waals surface area contributed by atoms with E-state index < -0.39 is 0 Å². The maximum absolute atomic E-state index is 10.0. The fourth-order valence-electron chi connectivity index (χ4n) is 1.62. The zero-order valence-corrected chi connectivity index (χ0v) is 13.6. The number of carbonyl (C=O) groups excluding carboxylic acids is 1. The van der Waals surface area contributed by atoms with Crippen LogP contribution in [0.1, 0.15) is 5.56 Å². The molecule has 0 atom stereocenters. The van der Waals surface area contributed by atoms with Crippen LogP contribution < -0.4 is 4.74 Å². The highest BCUT2D eigenvalue weighted by atomic mass is 32.2. The monoisotopic (exact) mass is 312 g/mol. The van der Waals surface area contributed by atoms with E-state index >= 15 is 0 Å². The second-order valence-electron chi connectivity index (χ2n) is 4.15. The number of thioether (sulfide) groups is 1. The van der Waals surface area contributed by atoms with Crippen LogP contribution in [0, 0.1) is 0 Å². The molecule has 0 heterocycles. The summed E-state index contributed by atoms with van der Waals surface area (Å²) in [6, 6.07) is 6.11. The fraction of sp³-hybridized carbons (Fsp3) is 0.105. The quantitative estimate of drug-likeness (QED) is 0.297. The van der Waals surface area contributed by atoms with E-state index in [-0.39, 0.29) is 0 Å². The van der Waals surface area contributed by atoms with Crippen LogP contribution in [0.3, 0.4) is 0 Å². The molecule has 0 radical (unpaired) electrons. The number of benzene rings is 1. The van der Waals surface area contributed by atoms with Crippen molar-refractivity contribution >= 4 is 24.1 Å². The van der Waals surface area contributed by atoms with Crippen LogP contribution in [-0.2, 0) is 4.79 Å². The van der Waals surface area contributed by atoms with Gasteiger partial charge in [0.05, 0.1) is 7.11 Å². The van der Waals surface area contributed by atoms with Crippen LogP contribution >= 0.6 is 11.8 Å². The van der Waals surface area contributed by atoms with Crippen molar-refractivity contribution in [2.24, 2.45) is 0 Å². The van der Waals surface area contributed by atoms with Gasteiger partial charge in [0.2, 0.25) is 0 Å². The van der Waals surface area contributed by atoms with Gasteiger partial charge in [-0.3, -0.25) is 4.79 Å². The number of hydrogen-bond donors (Lipinski definition) is 0. The molecule has 0 amide bonds. The van der Waals surface area contributed by atoms with E-state index in [1.807, 2.05) is 60.9 Å². The van der Waals surface area contributed by atoms with Gasteiger partial charge in [0.15, 0.2) is 0 Å². The van der Waals surface area contributed by atoms with E-state index in [0.29, 0.717) is 0 Å². The Balaban J connectivity index is 2.53. The molecule has 0 aliphatic heterocycles. The number of rotatable bonds is 8. The maximum Gasteiger partial charge on any atom is 0.142 e. The van der Waals surface area contributed by atoms with Gasteiger partial charge >= 0.3 is 0 Å². The molecule has 0 bridgehead atoms. The molecule has 0 aromatic heterocycles. The van der Waals surface area contributed by atoms with E-state index in [0.717, 1.165) is 22.5 Å². The molecule has 0 spiro atoms. The van der Waals surface area contributed by atoms with Crippen molar-refractivity contribution < 1.29 is 9.53 Å². The fourth-order valence-corrected chi connectivity index (χ4v) is 2.22. The molecule has 0 fully saturated rings. The lowest BCUT2D eigenvalue weighted by Crippen LogP contribution is -1.86. The molecule has 1 aromatic rings. The molecule has 0 unspecified atom stereocenters. The van der Waals surface area contributed by atoms with Crippen molar-refractivity contribution in [3.8, 4) is 5.75 Å². The highest BCUT2D eigenvalue weighted by molar-refractivity contribution is 7.98. The molecule has 0 aliphatic carbocycles. The second kappa shape index (κ2) is 11.4. The molecule has 1 rings (SSSR count). The van der Waals surface area contributed by atoms with Gasteiger partial charge in [0.25, 0.3) is 0 Å². The van der Waals surface area contributed by atoms with Gasteiger partial charge in [0, 0.05) is 4.90 Å². The van der Waals surface area contributed by atoms with Crippen molar-refractivity contribution in [1.29, 1.82) is 0 Å². The summed E-state index contributed by atoms with van der Waals surface area (Å²) in [4.78, 5) is 11.2. The molecular formula is C19H20O2S. The number of methoxy groups -OCH3 is 1. The minimum atomic E-state index is 0.750. The Bertz CT molecular complexity index is 608. The lowest BCUT2D eigenvalue weighted by molar-refractivity contribution is -0.104. The highest BCUT2D eigenvalue weighted by Gasteiger charge is 2.00. The largest absolute Gasteiger partial charge is 0.496 e. The minimum absolute atomic E-state index is 0.750. The summed E-state index contributed by atoms with van der Waals surface area (Å²) in [5, 5.41) is 0. The van der Waals surface area contributed by atoms with Gasteiger partial charge < -0.3 is 4.74 Å². The summed E-state index contributed by atoms with van der Waals surface area (Å²) in [5.41, 5.74) is 1.14. The third-order valence-corrected chi connectivity index (χ3v) is 3.42. The summed E-state index contributed by atoms with van der Waals surface area (Å²) in [6.45, 7) is 0. The molecule has 114 valence electrons. The Morgan fingerprint density at radius 3 is 2.05 bits per heavy atom. The standard InChI is InChI=1S/C19H20O2S/c1-21-18-14-13-17(16-19(18)22-2)12-10-8-6-4-3-5-7-9-11-15-20/h3-16H,1-2H3/b4-3+,7-5+,8-6+,11-9+,12-10+. The van der Waals surface area contributed by atoms with Crippen LogP contribution in [0.25, 0.3) is 6.08 Å². The van der Waals surface area contributed by atoms with Crippen molar-refractivity contribution in [3.63, 3.8) is 0 Å². The second-order valence-corrected chi connectivity index (χ2v) is 5.00. The number of allylic oxidation sites excluding steroid dienone is 9. The molecular weight excluding hydrogens is 292 g/mol. The van der Waals surface area contributed by atoms with E-state index in [2.05, 4.69) is 6.07 Å². The first-order valence-electron chi connectivity index (χ1n) is 6.82. The summed E-state index contributed by atoms with van der Waals surface area (Å²) in [7, 11) is 1.68. The van der Waals surface area contributed by atoms with Gasteiger partial charge in [-0.1, -0.05) is 60.8 Å². The lowest BCUT2D eigenvalue weighted by Gasteiger charge is -2.06. The predicted octanol–water partition coefficient (Wildman–Crippen LogP) is 4.85. The van der Waals surface area contributed by atoms with Gasteiger partial charge in [0.1, 0.15) is 12.0 Å². The predicted molar refractivity (Wildman–Crippen MR) is 96.4 cm³/mol. The molecule has 0 saturated carbocycles. The highest BCUT2D eigenvalue weighted by Crippen LogP contribution is 2.28. The Labute approximate surface area is 136 Å². The number of aldehydes is 1. The van der Waals surface area contributed by atoms with Gasteiger partial charge in [-0.2, -0.15) is 0 Å². The summed E-state index contributed by atoms with van der Waals surface area (Å²) >= 11 is 1.67. The first-order valence-corrected chi connectivity index (χ1v) is 8.05. The van der Waals surface area contributed by atoms with Crippen LogP contribution in [0.2, 0.25) is 0 Å². The molecule has 3 heteroatoms. The molecule has 0 saturated heterocycles. The summed E-state index contributed by atoms with van der Waals surface area (Å²) in [6.07, 6.45) is 21.4. The van der Waals surface area contributed by atoms with Crippen LogP contribution in [0.15, 0.2) is 77.8 Å². The summed E-state index contributed by atoms with van der Waals surface area (Å²) < 4.78 is 5.30. The maximum atomic E-state index is 10.0. The van der Waals surface area contributed by atoms with Crippen molar-refractivity contribution in [2.75, 3.05) is 13.4 Å². The average Bonchev–Trinajstić information content (AvgIpc) is 2.56. The van der Waals surface area contributed by atoms with E-state index in [4.69, 9.17) is 4.74 Å². The molecule has 1 aromatic carbocycles. The molecule has 22 heavy (non-hydrogen) atoms. The first-order chi connectivity index (χ1) is 10.8. The van der Waals surface area contributed by atoms with E-state index in [1.54, 1.807) is 31.0 Å². The van der Waals surface area contributed by atoms with Crippen molar-refractivity contribution in [3.05, 3.63) is 78.4 Å². The zero-order valence-electron chi connectivity index (χ0n) is 12.8. The Hall–Kier alpha value is -2.26. The Morgan fingerprint density at radius 1 is 0.909 bits per heavy atom. The Kier molecular flexibility index (Phi) is 9.22. The third kappa shape index (κ3) is 6.95. The molecule has 0 aliphatic rings. The topological polar surface area (TPSA) is 26.3 Å². The van der Waals surface area contributed by atoms with Crippen molar-refractivity contribution in [2.45, 2.75) is 4.90 Å². The van der Waals surface area contributed by atoms with Crippen LogP contribution in [-0.4, -0.2) is 19.7 Å². The van der Waals surface area contributed by atoms with Gasteiger partial charge in [-0.25, -0.2) is 0 Å². The van der Waals surface area contributed by atoms with Crippen LogP contribution in [0.5, 0.6) is 5.75 Å². The lowest BCUT2D eigenvalue weighted by atomic mass is 10.2. The van der Waals surface area contributed by atoms with Crippen molar-refractivity contribution in [1.82, 2.24) is 0 Å². The van der Waals surface area contributed by atoms with Gasteiger partial charge in [-0.05, 0) is 30.0 Å². The average molecular weight is 312 g/mol. The third-order valence-electron chi connectivity index (χ3n) is 2.66. The normalized spacial score (nSPS) is 12.5.